The van der Waals surface area contributed by atoms with Gasteiger partial charge < -0.3 is 15.2 Å². The molecule has 0 bridgehead atoms. The second kappa shape index (κ2) is 7.35. The van der Waals surface area contributed by atoms with E-state index in [0.717, 1.165) is 10.7 Å². The molecule has 0 fully saturated rings. The Kier molecular flexibility index (Phi) is 6.09. The molecular weight excluding hydrogens is 280 g/mol. The van der Waals surface area contributed by atoms with Gasteiger partial charge in [0.1, 0.15) is 4.88 Å². The van der Waals surface area contributed by atoms with E-state index in [1.165, 1.54) is 18.4 Å². The van der Waals surface area contributed by atoms with Gasteiger partial charge in [-0.3, -0.25) is 4.79 Å². The van der Waals surface area contributed by atoms with Crippen molar-refractivity contribution in [2.75, 3.05) is 13.7 Å². The van der Waals surface area contributed by atoms with Gasteiger partial charge in [0.2, 0.25) is 0 Å². The second-order valence-corrected chi connectivity index (χ2v) is 6.13. The minimum absolute atomic E-state index is 0.0711. The monoisotopic (exact) mass is 300 g/mol. The topological polar surface area (TPSA) is 88.5 Å². The van der Waals surface area contributed by atoms with Crippen LogP contribution in [0.15, 0.2) is 0 Å². The second-order valence-electron chi connectivity index (χ2n) is 4.93. The number of carboxylic acid groups (broad SMARTS) is 1. The standard InChI is InChI=1S/C13H20N2O4S/c1-7(2)5-9-11(20-8(3)14-9)12(16)15-10(6-19-4)13(17)18/h7,10H,5-6H2,1-4H3,(H,15,16)(H,17,18). The summed E-state index contributed by atoms with van der Waals surface area (Å²) in [5.74, 6) is -1.15. The number of amides is 1. The predicted octanol–water partition coefficient (Wildman–Crippen LogP) is 1.48. The molecule has 112 valence electrons. The van der Waals surface area contributed by atoms with Crippen molar-refractivity contribution in [3.8, 4) is 0 Å². The van der Waals surface area contributed by atoms with Crippen LogP contribution in [0.2, 0.25) is 0 Å². The number of hydrogen-bond donors (Lipinski definition) is 2. The average molecular weight is 300 g/mol. The van der Waals surface area contributed by atoms with Crippen LogP contribution < -0.4 is 5.32 Å². The first-order chi connectivity index (χ1) is 9.35. The summed E-state index contributed by atoms with van der Waals surface area (Å²) in [6.07, 6.45) is 0.690. The molecule has 1 atom stereocenters. The highest BCUT2D eigenvalue weighted by atomic mass is 32.1. The number of aliphatic carboxylic acids is 1. The molecule has 1 aromatic rings. The van der Waals surface area contributed by atoms with Crippen LogP contribution in [0, 0.1) is 12.8 Å². The van der Waals surface area contributed by atoms with E-state index in [0.29, 0.717) is 17.2 Å². The van der Waals surface area contributed by atoms with Gasteiger partial charge in [-0.05, 0) is 19.3 Å². The van der Waals surface area contributed by atoms with Crippen molar-refractivity contribution < 1.29 is 19.4 Å². The van der Waals surface area contributed by atoms with E-state index in [-0.39, 0.29) is 6.61 Å². The number of nitrogens with one attached hydrogen (secondary N) is 1. The molecule has 1 heterocycles. The van der Waals surface area contributed by atoms with Crippen LogP contribution in [-0.2, 0) is 16.0 Å². The number of methoxy groups -OCH3 is 1. The van der Waals surface area contributed by atoms with Crippen LogP contribution in [-0.4, -0.2) is 41.7 Å². The van der Waals surface area contributed by atoms with Crippen molar-refractivity contribution >= 4 is 23.2 Å². The fraction of sp³-hybridized carbons (Fsp3) is 0.615. The van der Waals surface area contributed by atoms with Gasteiger partial charge in [0.25, 0.3) is 5.91 Å². The molecule has 1 aromatic heterocycles. The molecule has 0 saturated carbocycles. The van der Waals surface area contributed by atoms with Gasteiger partial charge in [0, 0.05) is 7.11 Å². The number of thiazole rings is 1. The van der Waals surface area contributed by atoms with Crippen LogP contribution in [0.25, 0.3) is 0 Å². The van der Waals surface area contributed by atoms with Crippen LogP contribution in [0.5, 0.6) is 0 Å². The van der Waals surface area contributed by atoms with Crippen molar-refractivity contribution in [3.05, 3.63) is 15.6 Å². The van der Waals surface area contributed by atoms with Crippen molar-refractivity contribution in [2.24, 2.45) is 5.92 Å². The molecule has 1 rings (SSSR count). The van der Waals surface area contributed by atoms with E-state index in [2.05, 4.69) is 10.3 Å². The van der Waals surface area contributed by atoms with E-state index >= 15 is 0 Å². The van der Waals surface area contributed by atoms with Gasteiger partial charge in [0.05, 0.1) is 17.3 Å². The number of hydrogen-bond acceptors (Lipinski definition) is 5. The molecule has 0 aliphatic carbocycles. The maximum atomic E-state index is 12.2. The number of rotatable bonds is 7. The van der Waals surface area contributed by atoms with Crippen molar-refractivity contribution in [3.63, 3.8) is 0 Å². The Hall–Kier alpha value is -1.47. The zero-order chi connectivity index (χ0) is 15.3. The van der Waals surface area contributed by atoms with Crippen LogP contribution in [0.1, 0.15) is 34.2 Å². The first kappa shape index (κ1) is 16.6. The normalized spacial score (nSPS) is 12.4. The number of nitrogens with zero attached hydrogens (tertiary/aromatic N) is 1. The van der Waals surface area contributed by atoms with Crippen molar-refractivity contribution in [1.82, 2.24) is 10.3 Å². The Morgan fingerprint density at radius 3 is 2.60 bits per heavy atom. The molecule has 0 spiro atoms. The maximum absolute atomic E-state index is 12.2. The summed E-state index contributed by atoms with van der Waals surface area (Å²) >= 11 is 1.28. The minimum atomic E-state index is -1.12. The molecule has 6 nitrogen and oxygen atoms in total. The van der Waals surface area contributed by atoms with Gasteiger partial charge in [-0.2, -0.15) is 0 Å². The highest BCUT2D eigenvalue weighted by molar-refractivity contribution is 7.13. The summed E-state index contributed by atoms with van der Waals surface area (Å²) < 4.78 is 4.79. The maximum Gasteiger partial charge on any atom is 0.328 e. The van der Waals surface area contributed by atoms with Crippen molar-refractivity contribution in [2.45, 2.75) is 33.2 Å². The molecule has 2 N–H and O–H groups in total. The van der Waals surface area contributed by atoms with Gasteiger partial charge in [-0.15, -0.1) is 11.3 Å². The summed E-state index contributed by atoms with van der Waals surface area (Å²) in [6.45, 7) is 5.84. The molecule has 0 saturated heterocycles. The zero-order valence-corrected chi connectivity index (χ0v) is 12.9. The first-order valence-electron chi connectivity index (χ1n) is 6.34. The Labute approximate surface area is 122 Å². The van der Waals surface area contributed by atoms with E-state index in [4.69, 9.17) is 9.84 Å². The molecule has 0 aliphatic rings. The Morgan fingerprint density at radius 1 is 1.45 bits per heavy atom. The van der Waals surface area contributed by atoms with Gasteiger partial charge in [-0.25, -0.2) is 9.78 Å². The first-order valence-corrected chi connectivity index (χ1v) is 7.15. The van der Waals surface area contributed by atoms with Crippen LogP contribution >= 0.6 is 11.3 Å². The third-order valence-corrected chi connectivity index (χ3v) is 3.56. The lowest BCUT2D eigenvalue weighted by molar-refractivity contribution is -0.140. The number of aromatic nitrogens is 1. The number of carbonyl (C=O) groups is 2. The van der Waals surface area contributed by atoms with Gasteiger partial charge in [-0.1, -0.05) is 13.8 Å². The van der Waals surface area contributed by atoms with E-state index in [9.17, 15) is 9.59 Å². The summed E-state index contributed by atoms with van der Waals surface area (Å²) in [5, 5.41) is 12.3. The van der Waals surface area contributed by atoms with E-state index < -0.39 is 17.9 Å². The Bertz CT molecular complexity index is 485. The molecule has 20 heavy (non-hydrogen) atoms. The highest BCUT2D eigenvalue weighted by Crippen LogP contribution is 2.20. The molecule has 1 amide bonds. The number of carboxylic acids is 1. The number of carbonyl (C=O) groups excluding carboxylic acids is 1. The summed E-state index contributed by atoms with van der Waals surface area (Å²) in [5.41, 5.74) is 0.724. The molecule has 0 aliphatic heterocycles. The quantitative estimate of drug-likeness (QED) is 0.796. The minimum Gasteiger partial charge on any atom is -0.480 e. The lowest BCUT2D eigenvalue weighted by Gasteiger charge is -2.13. The lowest BCUT2D eigenvalue weighted by atomic mass is 10.1. The molecule has 0 aromatic carbocycles. The summed E-state index contributed by atoms with van der Waals surface area (Å²) in [4.78, 5) is 28.0. The number of ether oxygens (including phenoxy) is 1. The highest BCUT2D eigenvalue weighted by Gasteiger charge is 2.24. The summed E-state index contributed by atoms with van der Waals surface area (Å²) in [6, 6.07) is -1.05. The number of aryl methyl sites for hydroxylation is 1. The average Bonchev–Trinajstić information content (AvgIpc) is 2.68. The third-order valence-electron chi connectivity index (χ3n) is 2.55. The Balaban J connectivity index is 2.88. The van der Waals surface area contributed by atoms with Crippen LogP contribution in [0.3, 0.4) is 0 Å². The fourth-order valence-corrected chi connectivity index (χ4v) is 2.59. The van der Waals surface area contributed by atoms with E-state index in [1.807, 2.05) is 20.8 Å². The van der Waals surface area contributed by atoms with Gasteiger partial charge >= 0.3 is 5.97 Å². The molecular formula is C13H20N2O4S. The predicted molar refractivity (Wildman–Crippen MR) is 76.2 cm³/mol. The SMILES string of the molecule is COCC(NC(=O)c1sc(C)nc1CC(C)C)C(=O)O. The molecule has 1 unspecified atom stereocenters. The summed E-state index contributed by atoms with van der Waals surface area (Å²) in [7, 11) is 1.39. The van der Waals surface area contributed by atoms with Crippen LogP contribution in [0.4, 0.5) is 0 Å². The van der Waals surface area contributed by atoms with Crippen molar-refractivity contribution in [1.29, 1.82) is 0 Å². The van der Waals surface area contributed by atoms with Gasteiger partial charge in [0.15, 0.2) is 6.04 Å². The zero-order valence-electron chi connectivity index (χ0n) is 12.1. The Morgan fingerprint density at radius 2 is 2.10 bits per heavy atom. The molecule has 7 heteroatoms. The largest absolute Gasteiger partial charge is 0.480 e. The van der Waals surface area contributed by atoms with E-state index in [1.54, 1.807) is 0 Å². The molecule has 0 radical (unpaired) electrons. The smallest absolute Gasteiger partial charge is 0.328 e. The lowest BCUT2D eigenvalue weighted by Crippen LogP contribution is -2.43. The fourth-order valence-electron chi connectivity index (χ4n) is 1.74. The third kappa shape index (κ3) is 4.57.